The number of benzene rings is 1. The van der Waals surface area contributed by atoms with Gasteiger partial charge in [0.1, 0.15) is 11.6 Å². The van der Waals surface area contributed by atoms with Gasteiger partial charge < -0.3 is 4.98 Å². The molecule has 1 fully saturated rings. The lowest BCUT2D eigenvalue weighted by atomic mass is 9.99. The second kappa shape index (κ2) is 6.80. The van der Waals surface area contributed by atoms with Crippen molar-refractivity contribution in [1.82, 2.24) is 9.88 Å². The molecule has 23 heavy (non-hydrogen) atoms. The van der Waals surface area contributed by atoms with E-state index >= 15 is 0 Å². The monoisotopic (exact) mass is 307 g/mol. The molecule has 2 heterocycles. The molecule has 0 aliphatic carbocycles. The Balaban J connectivity index is 1.85. The molecule has 1 saturated heterocycles. The highest BCUT2D eigenvalue weighted by Crippen LogP contribution is 2.23. The molecule has 1 aromatic carbocycles. The van der Waals surface area contributed by atoms with E-state index in [1.54, 1.807) is 0 Å². The normalized spacial score (nSPS) is 15.3. The Hall–Kier alpha value is -2.38. The molecule has 0 bridgehead atoms. The fourth-order valence-corrected chi connectivity index (χ4v) is 3.19. The van der Waals surface area contributed by atoms with E-state index in [0.717, 1.165) is 17.8 Å². The maximum Gasteiger partial charge on any atom is 0.266 e. The fourth-order valence-electron chi connectivity index (χ4n) is 3.19. The van der Waals surface area contributed by atoms with Crippen LogP contribution in [0, 0.1) is 18.3 Å². The van der Waals surface area contributed by atoms with Gasteiger partial charge in [0.25, 0.3) is 5.56 Å². The van der Waals surface area contributed by atoms with Crippen LogP contribution in [-0.4, -0.2) is 23.0 Å². The predicted octanol–water partition coefficient (Wildman–Crippen LogP) is 3.21. The number of aromatic nitrogens is 1. The average molecular weight is 307 g/mol. The first kappa shape index (κ1) is 15.5. The predicted molar refractivity (Wildman–Crippen MR) is 91.1 cm³/mol. The van der Waals surface area contributed by atoms with Gasteiger partial charge in [-0.25, -0.2) is 0 Å². The maximum atomic E-state index is 11.9. The zero-order chi connectivity index (χ0) is 16.2. The van der Waals surface area contributed by atoms with Crippen molar-refractivity contribution >= 4 is 0 Å². The van der Waals surface area contributed by atoms with E-state index in [4.69, 9.17) is 0 Å². The van der Waals surface area contributed by atoms with Crippen LogP contribution in [0.15, 0.2) is 35.1 Å². The zero-order valence-electron chi connectivity index (χ0n) is 13.4. The lowest BCUT2D eigenvalue weighted by Crippen LogP contribution is -2.29. The minimum atomic E-state index is -0.320. The van der Waals surface area contributed by atoms with E-state index in [2.05, 4.69) is 22.0 Å². The number of piperidine rings is 1. The lowest BCUT2D eigenvalue weighted by molar-refractivity contribution is 0.221. The third kappa shape index (κ3) is 3.52. The van der Waals surface area contributed by atoms with Crippen LogP contribution in [0.25, 0.3) is 11.1 Å². The Morgan fingerprint density at radius 2 is 1.87 bits per heavy atom. The topological polar surface area (TPSA) is 59.9 Å². The number of hydrogen-bond acceptors (Lipinski definition) is 3. The Kier molecular flexibility index (Phi) is 4.59. The summed E-state index contributed by atoms with van der Waals surface area (Å²) >= 11 is 0. The van der Waals surface area contributed by atoms with Crippen LogP contribution >= 0.6 is 0 Å². The summed E-state index contributed by atoms with van der Waals surface area (Å²) < 4.78 is 0. The molecule has 118 valence electrons. The molecule has 1 aliphatic heterocycles. The van der Waals surface area contributed by atoms with Gasteiger partial charge in [0.05, 0.1) is 0 Å². The van der Waals surface area contributed by atoms with Crippen LogP contribution in [0.2, 0.25) is 0 Å². The second-order valence-electron chi connectivity index (χ2n) is 6.22. The van der Waals surface area contributed by atoms with Crippen LogP contribution < -0.4 is 5.56 Å². The van der Waals surface area contributed by atoms with Crippen LogP contribution in [0.4, 0.5) is 0 Å². The minimum absolute atomic E-state index is 0.180. The highest BCUT2D eigenvalue weighted by molar-refractivity contribution is 5.70. The summed E-state index contributed by atoms with van der Waals surface area (Å²) in [7, 11) is 0. The summed E-state index contributed by atoms with van der Waals surface area (Å²) in [5.74, 6) is 0. The molecule has 1 aliphatic rings. The number of pyridine rings is 1. The van der Waals surface area contributed by atoms with Gasteiger partial charge in [-0.15, -0.1) is 0 Å². The van der Waals surface area contributed by atoms with Crippen LogP contribution in [0.1, 0.15) is 36.1 Å². The Morgan fingerprint density at radius 1 is 1.17 bits per heavy atom. The Bertz CT molecular complexity index is 778. The van der Waals surface area contributed by atoms with Crippen molar-refractivity contribution in [3.63, 3.8) is 0 Å². The molecule has 3 rings (SSSR count). The van der Waals surface area contributed by atoms with E-state index < -0.39 is 0 Å². The van der Waals surface area contributed by atoms with Crippen molar-refractivity contribution in [2.75, 3.05) is 13.1 Å². The Morgan fingerprint density at radius 3 is 2.52 bits per heavy atom. The van der Waals surface area contributed by atoms with Crippen molar-refractivity contribution in [3.8, 4) is 17.2 Å². The quantitative estimate of drug-likeness (QED) is 0.947. The third-order valence-electron chi connectivity index (χ3n) is 4.40. The molecule has 4 nitrogen and oxygen atoms in total. The number of hydrogen-bond donors (Lipinski definition) is 1. The summed E-state index contributed by atoms with van der Waals surface area (Å²) in [4.78, 5) is 17.1. The van der Waals surface area contributed by atoms with Gasteiger partial charge in [0, 0.05) is 17.8 Å². The van der Waals surface area contributed by atoms with E-state index in [0.29, 0.717) is 5.56 Å². The first-order valence-electron chi connectivity index (χ1n) is 8.13. The van der Waals surface area contributed by atoms with Crippen molar-refractivity contribution in [2.24, 2.45) is 0 Å². The molecule has 0 saturated carbocycles. The molecule has 0 spiro atoms. The number of nitrogens with one attached hydrogen (secondary N) is 1. The van der Waals surface area contributed by atoms with Crippen LogP contribution in [0.5, 0.6) is 0 Å². The van der Waals surface area contributed by atoms with Crippen molar-refractivity contribution < 1.29 is 0 Å². The Labute approximate surface area is 136 Å². The maximum absolute atomic E-state index is 11.9. The largest absolute Gasteiger partial charge is 0.325 e. The van der Waals surface area contributed by atoms with Gasteiger partial charge in [-0.05, 0) is 50.0 Å². The van der Waals surface area contributed by atoms with Gasteiger partial charge in [-0.1, -0.05) is 30.7 Å². The molecule has 4 heteroatoms. The summed E-state index contributed by atoms with van der Waals surface area (Å²) in [6.07, 6.45) is 3.92. The molecule has 2 aromatic rings. The molecule has 0 radical (unpaired) electrons. The number of H-pyrrole nitrogens is 1. The average Bonchev–Trinajstić information content (AvgIpc) is 2.56. The molecular weight excluding hydrogens is 286 g/mol. The molecular formula is C19H21N3O. The number of nitrogens with zero attached hydrogens (tertiary/aromatic N) is 2. The zero-order valence-corrected chi connectivity index (χ0v) is 13.4. The summed E-state index contributed by atoms with van der Waals surface area (Å²) in [5.41, 5.74) is 3.52. The summed E-state index contributed by atoms with van der Waals surface area (Å²) in [6, 6.07) is 12.1. The molecule has 0 atom stereocenters. The first-order valence-corrected chi connectivity index (χ1v) is 8.13. The standard InChI is InChI=1S/C19H21N3O/c1-14-11-17(18(12-20)19(23)21-14)16-7-5-15(6-8-16)13-22-9-3-2-4-10-22/h5-8,11H,2-4,9-10,13H2,1H3,(H,21,23). The van der Waals surface area contributed by atoms with Gasteiger partial charge in [0.2, 0.25) is 0 Å². The van der Waals surface area contributed by atoms with Gasteiger partial charge in [-0.3, -0.25) is 9.69 Å². The van der Waals surface area contributed by atoms with E-state index in [-0.39, 0.29) is 11.1 Å². The van der Waals surface area contributed by atoms with Crippen molar-refractivity contribution in [3.05, 3.63) is 57.5 Å². The van der Waals surface area contributed by atoms with E-state index in [1.165, 1.54) is 37.9 Å². The lowest BCUT2D eigenvalue weighted by Gasteiger charge is -2.26. The molecule has 0 amide bonds. The van der Waals surface area contributed by atoms with Gasteiger partial charge >= 0.3 is 0 Å². The van der Waals surface area contributed by atoms with Crippen LogP contribution in [-0.2, 0) is 6.54 Å². The molecule has 1 N–H and O–H groups in total. The minimum Gasteiger partial charge on any atom is -0.325 e. The third-order valence-corrected chi connectivity index (χ3v) is 4.40. The van der Waals surface area contributed by atoms with Crippen molar-refractivity contribution in [2.45, 2.75) is 32.7 Å². The van der Waals surface area contributed by atoms with E-state index in [9.17, 15) is 10.1 Å². The van der Waals surface area contributed by atoms with Gasteiger partial charge in [0.15, 0.2) is 0 Å². The number of rotatable bonds is 3. The van der Waals surface area contributed by atoms with Crippen LogP contribution in [0.3, 0.4) is 0 Å². The smallest absolute Gasteiger partial charge is 0.266 e. The van der Waals surface area contributed by atoms with Crippen molar-refractivity contribution in [1.29, 1.82) is 5.26 Å². The number of aromatic amines is 1. The number of likely N-dealkylation sites (tertiary alicyclic amines) is 1. The SMILES string of the molecule is Cc1cc(-c2ccc(CN3CCCCC3)cc2)c(C#N)c(=O)[nH]1. The summed E-state index contributed by atoms with van der Waals surface area (Å²) in [6.45, 7) is 5.15. The highest BCUT2D eigenvalue weighted by Gasteiger charge is 2.12. The number of nitriles is 1. The number of aryl methyl sites for hydroxylation is 1. The molecule has 1 aromatic heterocycles. The fraction of sp³-hybridized carbons (Fsp3) is 0.368. The highest BCUT2D eigenvalue weighted by atomic mass is 16.1. The van der Waals surface area contributed by atoms with E-state index in [1.807, 2.05) is 31.2 Å². The summed E-state index contributed by atoms with van der Waals surface area (Å²) in [5, 5.41) is 9.25. The first-order chi connectivity index (χ1) is 11.2. The molecule has 0 unspecified atom stereocenters. The van der Waals surface area contributed by atoms with Gasteiger partial charge in [-0.2, -0.15) is 5.26 Å². The second-order valence-corrected chi connectivity index (χ2v) is 6.22.